The first kappa shape index (κ1) is 13.4. The maximum atomic E-state index is 5.71. The summed E-state index contributed by atoms with van der Waals surface area (Å²) in [6.45, 7) is 3.98. The van der Waals surface area contributed by atoms with Gasteiger partial charge in [0.05, 0.1) is 5.69 Å². The fraction of sp³-hybridized carbons (Fsp3) is 0.308. The topological polar surface area (TPSA) is 67.6 Å². The molecule has 0 bridgehead atoms. The first-order chi connectivity index (χ1) is 9.76. The van der Waals surface area contributed by atoms with Crippen molar-refractivity contribution in [2.75, 3.05) is 0 Å². The van der Waals surface area contributed by atoms with Crippen LogP contribution in [0.4, 0.5) is 0 Å². The van der Waals surface area contributed by atoms with Gasteiger partial charge in [-0.2, -0.15) is 11.3 Å². The van der Waals surface area contributed by atoms with Gasteiger partial charge >= 0.3 is 0 Å². The van der Waals surface area contributed by atoms with E-state index in [2.05, 4.69) is 20.2 Å². The Morgan fingerprint density at radius 1 is 1.40 bits per heavy atom. The number of oxazole rings is 1. The third kappa shape index (κ3) is 2.78. The minimum Gasteiger partial charge on any atom is -0.441 e. The first-order valence-corrected chi connectivity index (χ1v) is 8.22. The highest BCUT2D eigenvalue weighted by molar-refractivity contribution is 7.98. The van der Waals surface area contributed by atoms with Crippen LogP contribution in [-0.4, -0.2) is 20.2 Å². The predicted molar refractivity (Wildman–Crippen MR) is 79.9 cm³/mol. The van der Waals surface area contributed by atoms with Gasteiger partial charge in [0, 0.05) is 23.1 Å². The van der Waals surface area contributed by atoms with Gasteiger partial charge in [0.1, 0.15) is 11.6 Å². The highest BCUT2D eigenvalue weighted by Gasteiger charge is 2.13. The fourth-order valence-electron chi connectivity index (χ4n) is 1.70. The molecule has 1 N–H and O–H groups in total. The minimum atomic E-state index is 0.684. The lowest BCUT2D eigenvalue weighted by molar-refractivity contribution is 0.541. The Hall–Kier alpha value is -1.60. The Bertz CT molecular complexity index is 687. The molecule has 3 rings (SSSR count). The zero-order valence-electron chi connectivity index (χ0n) is 11.2. The van der Waals surface area contributed by atoms with Crippen LogP contribution in [0.5, 0.6) is 0 Å². The molecule has 0 saturated carbocycles. The highest BCUT2D eigenvalue weighted by Crippen LogP contribution is 2.27. The number of hydrogen-bond acceptors (Lipinski definition) is 6. The number of aromatic amines is 1. The molecule has 0 unspecified atom stereocenters. The Morgan fingerprint density at radius 2 is 2.30 bits per heavy atom. The van der Waals surface area contributed by atoms with Crippen LogP contribution in [0, 0.1) is 6.92 Å². The van der Waals surface area contributed by atoms with Gasteiger partial charge in [-0.1, -0.05) is 18.7 Å². The van der Waals surface area contributed by atoms with Crippen LogP contribution in [-0.2, 0) is 12.2 Å². The normalized spacial score (nSPS) is 11.1. The van der Waals surface area contributed by atoms with Crippen LogP contribution in [0.25, 0.3) is 11.5 Å². The predicted octanol–water partition coefficient (Wildman–Crippen LogP) is 3.68. The van der Waals surface area contributed by atoms with Gasteiger partial charge in [0.25, 0.3) is 0 Å². The van der Waals surface area contributed by atoms with Gasteiger partial charge in [-0.25, -0.2) is 9.97 Å². The Kier molecular flexibility index (Phi) is 3.88. The van der Waals surface area contributed by atoms with Gasteiger partial charge in [-0.05, 0) is 18.4 Å². The maximum Gasteiger partial charge on any atom is 0.227 e. The molecule has 0 aromatic carbocycles. The molecule has 3 aromatic rings. The summed E-state index contributed by atoms with van der Waals surface area (Å²) in [6.07, 6.45) is 0.860. The van der Waals surface area contributed by atoms with Crippen LogP contribution in [0.15, 0.2) is 26.4 Å². The molecule has 3 aromatic heterocycles. The number of hydrogen-bond donors (Lipinski definition) is 1. The molecule has 0 atom stereocenters. The van der Waals surface area contributed by atoms with Gasteiger partial charge in [-0.3, -0.25) is 5.10 Å². The standard InChI is InChI=1S/C13H14N4OS2/c1-3-11-15-13(17-16-11)20-7-10-8(2)18-12(14-10)9-4-5-19-6-9/h4-6H,3,7H2,1-2H3,(H,15,16,17). The average molecular weight is 306 g/mol. The average Bonchev–Trinajstić information content (AvgIpc) is 3.17. The third-order valence-corrected chi connectivity index (χ3v) is 4.39. The summed E-state index contributed by atoms with van der Waals surface area (Å²) in [7, 11) is 0. The van der Waals surface area contributed by atoms with Gasteiger partial charge in [-0.15, -0.1) is 5.10 Å². The first-order valence-electron chi connectivity index (χ1n) is 6.29. The zero-order valence-corrected chi connectivity index (χ0v) is 12.8. The van der Waals surface area contributed by atoms with Gasteiger partial charge in [0.15, 0.2) is 0 Å². The number of nitrogens with zero attached hydrogens (tertiary/aromatic N) is 3. The van der Waals surface area contributed by atoms with E-state index in [1.54, 1.807) is 23.1 Å². The summed E-state index contributed by atoms with van der Waals surface area (Å²) >= 11 is 3.20. The number of rotatable bonds is 5. The summed E-state index contributed by atoms with van der Waals surface area (Å²) in [6, 6.07) is 2.01. The Labute approximate surface area is 124 Å². The molecule has 104 valence electrons. The molecule has 7 heteroatoms. The quantitative estimate of drug-likeness (QED) is 0.728. The summed E-state index contributed by atoms with van der Waals surface area (Å²) in [5.41, 5.74) is 1.97. The SMILES string of the molecule is CCc1nc(SCc2nc(-c3ccsc3)oc2C)n[nH]1. The molecular formula is C13H14N4OS2. The lowest BCUT2D eigenvalue weighted by Crippen LogP contribution is -1.86. The molecule has 0 spiro atoms. The maximum absolute atomic E-state index is 5.71. The monoisotopic (exact) mass is 306 g/mol. The Morgan fingerprint density at radius 3 is 3.00 bits per heavy atom. The van der Waals surface area contributed by atoms with Gasteiger partial charge < -0.3 is 4.42 Å². The molecule has 0 saturated heterocycles. The number of H-pyrrole nitrogens is 1. The summed E-state index contributed by atoms with van der Waals surface area (Å²) < 4.78 is 5.71. The van der Waals surface area contributed by atoms with Crippen LogP contribution < -0.4 is 0 Å². The van der Waals surface area contributed by atoms with E-state index in [0.717, 1.165) is 34.4 Å². The van der Waals surface area contributed by atoms with E-state index in [4.69, 9.17) is 4.42 Å². The summed E-state index contributed by atoms with van der Waals surface area (Å²) in [5.74, 6) is 3.15. The van der Waals surface area contributed by atoms with Crippen LogP contribution >= 0.6 is 23.1 Å². The lowest BCUT2D eigenvalue weighted by Gasteiger charge is -1.93. The van der Waals surface area contributed by atoms with Crippen LogP contribution in [0.2, 0.25) is 0 Å². The second-order valence-corrected chi connectivity index (χ2v) is 5.96. The van der Waals surface area contributed by atoms with Crippen molar-refractivity contribution in [1.29, 1.82) is 0 Å². The second kappa shape index (κ2) is 5.80. The van der Waals surface area contributed by atoms with E-state index in [-0.39, 0.29) is 0 Å². The Balaban J connectivity index is 1.71. The number of nitrogens with one attached hydrogen (secondary N) is 1. The molecule has 5 nitrogen and oxygen atoms in total. The van der Waals surface area contributed by atoms with Crippen molar-refractivity contribution < 1.29 is 4.42 Å². The van der Waals surface area contributed by atoms with Crippen LogP contribution in [0.3, 0.4) is 0 Å². The van der Waals surface area contributed by atoms with Crippen LogP contribution in [0.1, 0.15) is 24.2 Å². The largest absolute Gasteiger partial charge is 0.441 e. The molecule has 20 heavy (non-hydrogen) atoms. The van der Waals surface area contributed by atoms with E-state index in [1.165, 1.54) is 0 Å². The molecular weight excluding hydrogens is 292 g/mol. The lowest BCUT2D eigenvalue weighted by atomic mass is 10.3. The molecule has 0 aliphatic carbocycles. The van der Waals surface area contributed by atoms with Crippen molar-refractivity contribution in [1.82, 2.24) is 20.2 Å². The van der Waals surface area contributed by atoms with Crippen molar-refractivity contribution in [2.45, 2.75) is 31.2 Å². The van der Waals surface area contributed by atoms with Crippen molar-refractivity contribution in [2.24, 2.45) is 0 Å². The molecule has 0 aliphatic rings. The molecule has 0 aliphatic heterocycles. The van der Waals surface area contributed by atoms with Gasteiger partial charge in [0.2, 0.25) is 11.0 Å². The van der Waals surface area contributed by atoms with E-state index < -0.39 is 0 Å². The summed E-state index contributed by atoms with van der Waals surface area (Å²) in [4.78, 5) is 8.92. The number of thioether (sulfide) groups is 1. The second-order valence-electron chi connectivity index (χ2n) is 4.24. The number of aromatic nitrogens is 4. The smallest absolute Gasteiger partial charge is 0.227 e. The zero-order chi connectivity index (χ0) is 13.9. The highest BCUT2D eigenvalue weighted by atomic mass is 32.2. The third-order valence-electron chi connectivity index (χ3n) is 2.84. The number of thiophene rings is 1. The molecule has 0 fully saturated rings. The van der Waals surface area contributed by atoms with Crippen molar-refractivity contribution in [3.63, 3.8) is 0 Å². The summed E-state index contributed by atoms with van der Waals surface area (Å²) in [5, 5.41) is 11.9. The van der Waals surface area contributed by atoms with E-state index in [9.17, 15) is 0 Å². The minimum absolute atomic E-state index is 0.684. The number of aryl methyl sites for hydroxylation is 2. The molecule has 0 amide bonds. The fourth-order valence-corrected chi connectivity index (χ4v) is 3.15. The van der Waals surface area contributed by atoms with Crippen molar-refractivity contribution in [3.05, 3.63) is 34.1 Å². The van der Waals surface area contributed by atoms with E-state index in [0.29, 0.717) is 11.6 Å². The van der Waals surface area contributed by atoms with Crippen molar-refractivity contribution >= 4 is 23.1 Å². The van der Waals surface area contributed by atoms with E-state index in [1.807, 2.05) is 30.7 Å². The molecule has 3 heterocycles. The molecule has 0 radical (unpaired) electrons. The van der Waals surface area contributed by atoms with Crippen molar-refractivity contribution in [3.8, 4) is 11.5 Å². The van der Waals surface area contributed by atoms with E-state index >= 15 is 0 Å².